The number of halogens is 1. The summed E-state index contributed by atoms with van der Waals surface area (Å²) in [5, 5.41) is 4.11. The molecule has 0 spiro atoms. The molecule has 106 valence electrons. The fourth-order valence-electron chi connectivity index (χ4n) is 2.56. The van der Waals surface area contributed by atoms with Crippen molar-refractivity contribution in [1.82, 2.24) is 5.32 Å². The van der Waals surface area contributed by atoms with Crippen molar-refractivity contribution in [1.29, 1.82) is 0 Å². The van der Waals surface area contributed by atoms with Crippen LogP contribution in [0.2, 0.25) is 5.02 Å². The van der Waals surface area contributed by atoms with Crippen LogP contribution in [0.25, 0.3) is 0 Å². The smallest absolute Gasteiger partial charge is 0.125 e. The third kappa shape index (κ3) is 3.04. The Bertz CT molecular complexity index is 460. The van der Waals surface area contributed by atoms with Crippen LogP contribution < -0.4 is 10.1 Å². The van der Waals surface area contributed by atoms with E-state index < -0.39 is 0 Å². The second-order valence-corrected chi connectivity index (χ2v) is 5.94. The number of rotatable bonds is 5. The van der Waals surface area contributed by atoms with Crippen molar-refractivity contribution >= 4 is 11.6 Å². The van der Waals surface area contributed by atoms with Gasteiger partial charge in [0.2, 0.25) is 0 Å². The molecule has 1 aromatic rings. The van der Waals surface area contributed by atoms with Crippen molar-refractivity contribution < 1.29 is 9.47 Å². The molecule has 0 aliphatic carbocycles. The van der Waals surface area contributed by atoms with E-state index in [1.54, 1.807) is 7.11 Å². The molecule has 1 N–H and O–H groups in total. The average molecular weight is 284 g/mol. The van der Waals surface area contributed by atoms with E-state index >= 15 is 0 Å². The summed E-state index contributed by atoms with van der Waals surface area (Å²) >= 11 is 6.20. The fourth-order valence-corrected chi connectivity index (χ4v) is 2.82. The zero-order valence-electron chi connectivity index (χ0n) is 12.0. The van der Waals surface area contributed by atoms with Crippen LogP contribution in [-0.2, 0) is 17.6 Å². The minimum atomic E-state index is -0.247. The number of fused-ring (bicyclic) bond motifs is 1. The summed E-state index contributed by atoms with van der Waals surface area (Å²) in [6, 6.07) is 4.20. The summed E-state index contributed by atoms with van der Waals surface area (Å²) in [5.74, 6) is 1.01. The summed E-state index contributed by atoms with van der Waals surface area (Å²) in [5.41, 5.74) is 2.12. The third-order valence-electron chi connectivity index (χ3n) is 3.96. The molecule has 3 nitrogen and oxygen atoms in total. The zero-order valence-corrected chi connectivity index (χ0v) is 12.8. The van der Waals surface area contributed by atoms with E-state index in [2.05, 4.69) is 19.2 Å². The maximum Gasteiger partial charge on any atom is 0.125 e. The van der Waals surface area contributed by atoms with E-state index in [4.69, 9.17) is 21.1 Å². The molecule has 4 heteroatoms. The molecule has 0 amide bonds. The van der Waals surface area contributed by atoms with Gasteiger partial charge in [-0.1, -0.05) is 11.6 Å². The van der Waals surface area contributed by atoms with Gasteiger partial charge in [-0.2, -0.15) is 0 Å². The number of likely N-dealkylation sites (N-methyl/N-ethyl adjacent to an activating group) is 1. The first-order valence-corrected chi connectivity index (χ1v) is 7.02. The Labute approximate surface area is 120 Å². The molecule has 1 aliphatic heterocycles. The van der Waals surface area contributed by atoms with Gasteiger partial charge in [0.25, 0.3) is 0 Å². The number of methoxy groups -OCH3 is 1. The van der Waals surface area contributed by atoms with Crippen LogP contribution in [0.15, 0.2) is 12.1 Å². The van der Waals surface area contributed by atoms with Crippen LogP contribution in [0.5, 0.6) is 5.75 Å². The van der Waals surface area contributed by atoms with E-state index in [-0.39, 0.29) is 11.6 Å². The van der Waals surface area contributed by atoms with E-state index in [0.29, 0.717) is 0 Å². The second-order valence-electron chi connectivity index (χ2n) is 5.50. The predicted octanol–water partition coefficient (Wildman–Crippen LogP) is 2.83. The largest absolute Gasteiger partial charge is 0.493 e. The van der Waals surface area contributed by atoms with E-state index in [9.17, 15) is 0 Å². The second kappa shape index (κ2) is 5.70. The molecule has 0 fully saturated rings. The minimum Gasteiger partial charge on any atom is -0.493 e. The molecular weight excluding hydrogens is 262 g/mol. The molecule has 0 radical (unpaired) electrons. The number of benzene rings is 1. The van der Waals surface area contributed by atoms with Crippen molar-refractivity contribution in [3.8, 4) is 5.75 Å². The number of nitrogens with one attached hydrogen (secondary N) is 1. The Morgan fingerprint density at radius 2 is 2.21 bits per heavy atom. The van der Waals surface area contributed by atoms with Crippen LogP contribution >= 0.6 is 11.6 Å². The average Bonchev–Trinajstić information content (AvgIpc) is 2.83. The first kappa shape index (κ1) is 14.6. The first-order valence-electron chi connectivity index (χ1n) is 6.64. The van der Waals surface area contributed by atoms with Gasteiger partial charge >= 0.3 is 0 Å². The molecule has 1 heterocycles. The van der Waals surface area contributed by atoms with Gasteiger partial charge < -0.3 is 14.8 Å². The van der Waals surface area contributed by atoms with Crippen LogP contribution in [0.3, 0.4) is 0 Å². The molecule has 0 saturated heterocycles. The van der Waals surface area contributed by atoms with Crippen LogP contribution in [0.4, 0.5) is 0 Å². The molecule has 1 aromatic carbocycles. The molecule has 0 saturated carbocycles. The number of ether oxygens (including phenoxy) is 2. The van der Waals surface area contributed by atoms with Gasteiger partial charge in [-0.3, -0.25) is 0 Å². The van der Waals surface area contributed by atoms with E-state index in [1.165, 1.54) is 5.56 Å². The maximum absolute atomic E-state index is 6.20. The Hall–Kier alpha value is -0.770. The van der Waals surface area contributed by atoms with Gasteiger partial charge in [-0.05, 0) is 50.6 Å². The fraction of sp³-hybridized carbons (Fsp3) is 0.600. The molecule has 1 aliphatic rings. The molecular formula is C15H22ClNO2. The van der Waals surface area contributed by atoms with Gasteiger partial charge in [-0.25, -0.2) is 0 Å². The first-order chi connectivity index (χ1) is 8.97. The van der Waals surface area contributed by atoms with Crippen molar-refractivity contribution in [3.63, 3.8) is 0 Å². The summed E-state index contributed by atoms with van der Waals surface area (Å²) < 4.78 is 11.3. The molecule has 1 atom stereocenters. The van der Waals surface area contributed by atoms with Crippen molar-refractivity contribution in [2.75, 3.05) is 20.8 Å². The lowest BCUT2D eigenvalue weighted by Gasteiger charge is -2.33. The highest BCUT2D eigenvalue weighted by atomic mass is 35.5. The molecule has 2 rings (SSSR count). The molecule has 0 bridgehead atoms. The molecule has 1 unspecified atom stereocenters. The normalized spacial score (nSPS) is 16.1. The Morgan fingerprint density at radius 3 is 2.84 bits per heavy atom. The van der Waals surface area contributed by atoms with Crippen molar-refractivity contribution in [2.24, 2.45) is 0 Å². The summed E-state index contributed by atoms with van der Waals surface area (Å²) in [6.07, 6.45) is 1.78. The lowest BCUT2D eigenvalue weighted by molar-refractivity contribution is -0.00808. The Kier molecular flexibility index (Phi) is 4.39. The van der Waals surface area contributed by atoms with Gasteiger partial charge in [0.05, 0.1) is 12.2 Å². The van der Waals surface area contributed by atoms with Gasteiger partial charge in [0, 0.05) is 24.6 Å². The predicted molar refractivity (Wildman–Crippen MR) is 78.3 cm³/mol. The summed E-state index contributed by atoms with van der Waals surface area (Å²) in [4.78, 5) is 0. The SMILES string of the molecule is CNC(Cc1cc(Cl)cc2c1OCC2)C(C)(C)OC. The van der Waals surface area contributed by atoms with Crippen molar-refractivity contribution in [2.45, 2.75) is 38.3 Å². The van der Waals surface area contributed by atoms with Crippen molar-refractivity contribution in [3.05, 3.63) is 28.3 Å². The Balaban J connectivity index is 2.28. The van der Waals surface area contributed by atoms with Gasteiger partial charge in [-0.15, -0.1) is 0 Å². The molecule has 0 aromatic heterocycles. The number of hydrogen-bond donors (Lipinski definition) is 1. The lowest BCUT2D eigenvalue weighted by atomic mass is 9.91. The van der Waals surface area contributed by atoms with Gasteiger partial charge in [0.15, 0.2) is 0 Å². The monoisotopic (exact) mass is 283 g/mol. The Morgan fingerprint density at radius 1 is 1.47 bits per heavy atom. The van der Waals surface area contributed by atoms with Crippen LogP contribution in [0, 0.1) is 0 Å². The summed E-state index contributed by atoms with van der Waals surface area (Å²) in [7, 11) is 3.69. The van der Waals surface area contributed by atoms with Crippen LogP contribution in [-0.4, -0.2) is 32.4 Å². The maximum atomic E-state index is 6.20. The van der Waals surface area contributed by atoms with Gasteiger partial charge in [0.1, 0.15) is 5.75 Å². The zero-order chi connectivity index (χ0) is 14.0. The highest BCUT2D eigenvalue weighted by Crippen LogP contribution is 2.34. The minimum absolute atomic E-state index is 0.198. The van der Waals surface area contributed by atoms with Crippen LogP contribution in [0.1, 0.15) is 25.0 Å². The van der Waals surface area contributed by atoms with E-state index in [0.717, 1.165) is 35.8 Å². The summed E-state index contributed by atoms with van der Waals surface area (Å²) in [6.45, 7) is 4.92. The topological polar surface area (TPSA) is 30.5 Å². The molecule has 19 heavy (non-hydrogen) atoms. The quantitative estimate of drug-likeness (QED) is 0.901. The third-order valence-corrected chi connectivity index (χ3v) is 4.18. The number of hydrogen-bond acceptors (Lipinski definition) is 3. The highest BCUT2D eigenvalue weighted by Gasteiger charge is 2.30. The standard InChI is InChI=1S/C15H22ClNO2/c1-15(2,18-4)13(17-3)9-11-8-12(16)7-10-5-6-19-14(10)11/h7-8,13,17H,5-6,9H2,1-4H3. The lowest BCUT2D eigenvalue weighted by Crippen LogP contribution is -2.48. The highest BCUT2D eigenvalue weighted by molar-refractivity contribution is 6.30. The van der Waals surface area contributed by atoms with E-state index in [1.807, 2.05) is 19.2 Å².